The number of fused-ring (bicyclic) bond motifs is 1. The predicted molar refractivity (Wildman–Crippen MR) is 145 cm³/mol. The first-order chi connectivity index (χ1) is 18.2. The van der Waals surface area contributed by atoms with Crippen LogP contribution in [-0.4, -0.2) is 42.5 Å². The van der Waals surface area contributed by atoms with Crippen molar-refractivity contribution < 1.29 is 23.9 Å². The molecule has 0 radical (unpaired) electrons. The molecule has 2 aromatic carbocycles. The summed E-state index contributed by atoms with van der Waals surface area (Å²) in [5.41, 5.74) is 0.893. The molecule has 1 aromatic heterocycles. The molecule has 0 aliphatic carbocycles. The zero-order chi connectivity index (χ0) is 27.6. The molecule has 10 nitrogen and oxygen atoms in total. The maximum absolute atomic E-state index is 13.8. The fourth-order valence-corrected chi connectivity index (χ4v) is 5.64. The molecule has 0 amide bonds. The number of carbonyl (C=O) groups excluding carboxylic acids is 1. The van der Waals surface area contributed by atoms with Crippen LogP contribution in [0, 0.1) is 10.1 Å². The zero-order valence-electron chi connectivity index (χ0n) is 21.3. The first-order valence-corrected chi connectivity index (χ1v) is 13.5. The lowest BCUT2D eigenvalue weighted by atomic mass is 9.96. The van der Waals surface area contributed by atoms with Gasteiger partial charge in [0.1, 0.15) is 0 Å². The van der Waals surface area contributed by atoms with Gasteiger partial charge in [-0.2, -0.15) is 0 Å². The van der Waals surface area contributed by atoms with E-state index in [0.29, 0.717) is 16.1 Å². The Hall–Kier alpha value is -3.90. The SMILES string of the molecule is CCOC(=O)C1=C(C)N=c2s/c(=C\c3cc(OC)c(OC)cc3[N+](=O)[O-])c(=O)n2C1c1ccc(SC)cc1. The van der Waals surface area contributed by atoms with Crippen molar-refractivity contribution in [3.05, 3.63) is 88.6 Å². The van der Waals surface area contributed by atoms with Gasteiger partial charge in [0.2, 0.25) is 0 Å². The Morgan fingerprint density at radius 3 is 2.45 bits per heavy atom. The van der Waals surface area contributed by atoms with Crippen LogP contribution in [-0.2, 0) is 9.53 Å². The van der Waals surface area contributed by atoms with Gasteiger partial charge in [-0.3, -0.25) is 19.5 Å². The van der Waals surface area contributed by atoms with Crippen LogP contribution in [0.15, 0.2) is 62.4 Å². The molecule has 0 saturated carbocycles. The number of nitrogens with zero attached hydrogens (tertiary/aromatic N) is 3. The van der Waals surface area contributed by atoms with Crippen LogP contribution in [0.4, 0.5) is 5.69 Å². The second kappa shape index (κ2) is 11.2. The molecular weight excluding hydrogens is 530 g/mol. The average molecular weight is 556 g/mol. The number of carbonyl (C=O) groups is 1. The fraction of sp³-hybridized carbons (Fsp3) is 0.269. The minimum atomic E-state index is -0.774. The number of methoxy groups -OCH3 is 2. The van der Waals surface area contributed by atoms with E-state index in [1.807, 2.05) is 30.5 Å². The van der Waals surface area contributed by atoms with E-state index in [-0.39, 0.29) is 39.5 Å². The van der Waals surface area contributed by atoms with Gasteiger partial charge in [0.15, 0.2) is 16.3 Å². The van der Waals surface area contributed by atoms with Crippen LogP contribution in [0.25, 0.3) is 6.08 Å². The first-order valence-electron chi connectivity index (χ1n) is 11.5. The second-order valence-electron chi connectivity index (χ2n) is 8.10. The van der Waals surface area contributed by atoms with Crippen LogP contribution in [0.2, 0.25) is 0 Å². The highest BCUT2D eigenvalue weighted by Gasteiger charge is 2.33. The number of benzene rings is 2. The second-order valence-corrected chi connectivity index (χ2v) is 9.99. The van der Waals surface area contributed by atoms with E-state index in [4.69, 9.17) is 14.2 Å². The molecule has 198 valence electrons. The number of rotatable bonds is 8. The van der Waals surface area contributed by atoms with E-state index in [0.717, 1.165) is 16.2 Å². The van der Waals surface area contributed by atoms with Crippen molar-refractivity contribution in [1.29, 1.82) is 0 Å². The van der Waals surface area contributed by atoms with Crippen LogP contribution in [0.3, 0.4) is 0 Å². The third-order valence-corrected chi connectivity index (χ3v) is 7.69. The predicted octanol–water partition coefficient (Wildman–Crippen LogP) is 3.45. The van der Waals surface area contributed by atoms with Crippen molar-refractivity contribution >= 4 is 40.8 Å². The summed E-state index contributed by atoms with van der Waals surface area (Å²) in [7, 11) is 2.80. The summed E-state index contributed by atoms with van der Waals surface area (Å²) in [6.45, 7) is 3.58. The number of nitro groups is 1. The number of thioether (sulfide) groups is 1. The standard InChI is InChI=1S/C26H25N3O7S2/c1-6-36-25(31)22-14(2)27-26-28(23(22)15-7-9-17(37-5)10-8-15)24(30)21(38-26)12-16-11-19(34-3)20(35-4)13-18(16)29(32)33/h7-13,23H,6H2,1-5H3/b21-12-. The van der Waals surface area contributed by atoms with E-state index >= 15 is 0 Å². The smallest absolute Gasteiger partial charge is 0.338 e. The lowest BCUT2D eigenvalue weighted by molar-refractivity contribution is -0.385. The summed E-state index contributed by atoms with van der Waals surface area (Å²) in [5.74, 6) is -0.0805. The maximum atomic E-state index is 13.8. The van der Waals surface area contributed by atoms with Gasteiger partial charge in [0, 0.05) is 4.90 Å². The van der Waals surface area contributed by atoms with Gasteiger partial charge >= 0.3 is 5.97 Å². The number of allylic oxidation sites excluding steroid dienone is 1. The summed E-state index contributed by atoms with van der Waals surface area (Å²) in [5, 5.41) is 11.8. The van der Waals surface area contributed by atoms with Gasteiger partial charge in [-0.1, -0.05) is 23.5 Å². The Morgan fingerprint density at radius 2 is 1.87 bits per heavy atom. The summed E-state index contributed by atoms with van der Waals surface area (Å²) >= 11 is 2.66. The molecule has 1 aliphatic heterocycles. The number of esters is 1. The summed E-state index contributed by atoms with van der Waals surface area (Å²) in [4.78, 5) is 44.0. The van der Waals surface area contributed by atoms with Gasteiger partial charge in [-0.15, -0.1) is 11.8 Å². The number of hydrogen-bond acceptors (Lipinski definition) is 10. The molecule has 1 unspecified atom stereocenters. The van der Waals surface area contributed by atoms with Crippen molar-refractivity contribution in [2.75, 3.05) is 27.1 Å². The van der Waals surface area contributed by atoms with Gasteiger partial charge in [0.05, 0.1) is 59.2 Å². The fourth-order valence-electron chi connectivity index (χ4n) is 4.19. The highest BCUT2D eigenvalue weighted by Crippen LogP contribution is 2.35. The molecule has 0 fully saturated rings. The third kappa shape index (κ3) is 4.96. The molecule has 1 atom stereocenters. The van der Waals surface area contributed by atoms with E-state index in [9.17, 15) is 19.7 Å². The highest BCUT2D eigenvalue weighted by atomic mass is 32.2. The lowest BCUT2D eigenvalue weighted by Crippen LogP contribution is -2.39. The summed E-state index contributed by atoms with van der Waals surface area (Å²) in [6.07, 6.45) is 3.39. The Kier molecular flexibility index (Phi) is 8.02. The van der Waals surface area contributed by atoms with Crippen molar-refractivity contribution in [3.8, 4) is 11.5 Å². The monoisotopic (exact) mass is 555 g/mol. The van der Waals surface area contributed by atoms with E-state index < -0.39 is 22.5 Å². The molecule has 12 heteroatoms. The topological polar surface area (TPSA) is 122 Å². The number of thiazole rings is 1. The molecule has 38 heavy (non-hydrogen) atoms. The molecule has 3 aromatic rings. The van der Waals surface area contributed by atoms with Gasteiger partial charge in [0.25, 0.3) is 11.2 Å². The van der Waals surface area contributed by atoms with E-state index in [1.54, 1.807) is 25.6 Å². The zero-order valence-corrected chi connectivity index (χ0v) is 23.0. The van der Waals surface area contributed by atoms with Crippen molar-refractivity contribution in [3.63, 3.8) is 0 Å². The van der Waals surface area contributed by atoms with Gasteiger partial charge in [-0.05, 0) is 49.9 Å². The molecule has 0 spiro atoms. The largest absolute Gasteiger partial charge is 0.493 e. The molecule has 0 bridgehead atoms. The number of ether oxygens (including phenoxy) is 3. The first kappa shape index (κ1) is 27.1. The number of aromatic nitrogens is 1. The Bertz CT molecular complexity index is 1620. The minimum Gasteiger partial charge on any atom is -0.493 e. The molecule has 2 heterocycles. The van der Waals surface area contributed by atoms with Crippen LogP contribution < -0.4 is 24.4 Å². The highest BCUT2D eigenvalue weighted by molar-refractivity contribution is 7.98. The van der Waals surface area contributed by atoms with Crippen molar-refractivity contribution in [1.82, 2.24) is 4.57 Å². The van der Waals surface area contributed by atoms with E-state index in [2.05, 4.69) is 4.99 Å². The lowest BCUT2D eigenvalue weighted by Gasteiger charge is -2.24. The normalized spacial score (nSPS) is 15.1. The van der Waals surface area contributed by atoms with Crippen molar-refractivity contribution in [2.24, 2.45) is 4.99 Å². The molecule has 0 N–H and O–H groups in total. The van der Waals surface area contributed by atoms with E-state index in [1.165, 1.54) is 37.0 Å². The summed E-state index contributed by atoms with van der Waals surface area (Å²) < 4.78 is 17.5. The third-order valence-electron chi connectivity index (χ3n) is 5.96. The number of hydrogen-bond donors (Lipinski definition) is 0. The number of nitro benzene ring substituents is 1. The molecule has 4 rings (SSSR count). The molecule has 1 aliphatic rings. The van der Waals surface area contributed by atoms with Crippen LogP contribution in [0.5, 0.6) is 11.5 Å². The summed E-state index contributed by atoms with van der Waals surface area (Å²) in [6, 6.07) is 9.49. The van der Waals surface area contributed by atoms with Crippen molar-refractivity contribution in [2.45, 2.75) is 24.8 Å². The molecular formula is C26H25N3O7S2. The molecule has 0 saturated heterocycles. The van der Waals surface area contributed by atoms with Gasteiger partial charge in [-0.25, -0.2) is 9.79 Å². The Morgan fingerprint density at radius 1 is 1.21 bits per heavy atom. The Balaban J connectivity index is 1.98. The van der Waals surface area contributed by atoms with Gasteiger partial charge < -0.3 is 14.2 Å². The van der Waals surface area contributed by atoms with Crippen LogP contribution in [0.1, 0.15) is 31.0 Å². The Labute approximate surface area is 226 Å². The maximum Gasteiger partial charge on any atom is 0.338 e. The minimum absolute atomic E-state index is 0.167. The van der Waals surface area contributed by atoms with Crippen LogP contribution >= 0.6 is 23.1 Å². The quantitative estimate of drug-likeness (QED) is 0.179. The average Bonchev–Trinajstić information content (AvgIpc) is 3.21.